The van der Waals surface area contributed by atoms with Gasteiger partial charge in [0.1, 0.15) is 5.75 Å². The lowest BCUT2D eigenvalue weighted by molar-refractivity contribution is 0.00578. The molecule has 1 saturated heterocycles. The Morgan fingerprint density at radius 2 is 1.80 bits per heavy atom. The zero-order chi connectivity index (χ0) is 15.1. The zero-order valence-corrected chi connectivity index (χ0v) is 12.7. The van der Waals surface area contributed by atoms with Gasteiger partial charge in [0.05, 0.1) is 23.5 Å². The third-order valence-corrected chi connectivity index (χ3v) is 3.99. The van der Waals surface area contributed by atoms with E-state index in [2.05, 4.69) is 4.98 Å². The van der Waals surface area contributed by atoms with Crippen molar-refractivity contribution in [2.75, 3.05) is 0 Å². The molecule has 0 aromatic carbocycles. The maximum absolute atomic E-state index is 9.66. The highest BCUT2D eigenvalue weighted by molar-refractivity contribution is 6.62. The molecule has 1 fully saturated rings. The Hall–Kier alpha value is -1.11. The van der Waals surface area contributed by atoms with E-state index in [1.165, 1.54) is 6.20 Å². The summed E-state index contributed by atoms with van der Waals surface area (Å²) in [6.45, 7) is 9.58. The minimum atomic E-state index is -0.589. The van der Waals surface area contributed by atoms with E-state index in [1.807, 2.05) is 27.7 Å². The van der Waals surface area contributed by atoms with Crippen molar-refractivity contribution < 1.29 is 19.5 Å². The van der Waals surface area contributed by atoms with E-state index >= 15 is 0 Å². The van der Waals surface area contributed by atoms with Crippen LogP contribution in [0.5, 0.6) is 5.75 Å². The summed E-state index contributed by atoms with van der Waals surface area (Å²) in [4.78, 5) is 4.19. The second-order valence-corrected chi connectivity index (χ2v) is 6.37. The number of nitrogens with zero attached hydrogens (tertiary/aromatic N) is 1. The standard InChI is InChI=1S/C14H22BNO4/c1-9(17)6-12-11(7-10(18)8-16-12)15-19-13(2,3)14(4,5)20-15/h7-9,17-18H,6H2,1-5H3. The van der Waals surface area contributed by atoms with Crippen LogP contribution < -0.4 is 5.46 Å². The second-order valence-electron chi connectivity index (χ2n) is 6.37. The first-order valence-corrected chi connectivity index (χ1v) is 6.84. The lowest BCUT2D eigenvalue weighted by Crippen LogP contribution is -2.41. The molecule has 1 atom stereocenters. The van der Waals surface area contributed by atoms with Gasteiger partial charge in [-0.1, -0.05) is 0 Å². The Bertz CT molecular complexity index is 486. The van der Waals surface area contributed by atoms with Gasteiger partial charge >= 0.3 is 7.12 Å². The number of rotatable bonds is 3. The number of aromatic nitrogens is 1. The molecule has 1 aromatic heterocycles. The molecule has 1 aromatic rings. The molecule has 1 aliphatic heterocycles. The zero-order valence-electron chi connectivity index (χ0n) is 12.7. The van der Waals surface area contributed by atoms with Crippen LogP contribution in [0.15, 0.2) is 12.3 Å². The number of aromatic hydroxyl groups is 1. The minimum Gasteiger partial charge on any atom is -0.506 e. The largest absolute Gasteiger partial charge is 0.506 e. The fraction of sp³-hybridized carbons (Fsp3) is 0.643. The molecule has 5 nitrogen and oxygen atoms in total. The van der Waals surface area contributed by atoms with Crippen molar-refractivity contribution in [1.82, 2.24) is 4.98 Å². The van der Waals surface area contributed by atoms with Gasteiger partial charge in [0.15, 0.2) is 0 Å². The summed E-state index contributed by atoms with van der Waals surface area (Å²) in [6.07, 6.45) is 1.24. The molecular weight excluding hydrogens is 257 g/mol. The van der Waals surface area contributed by atoms with Crippen molar-refractivity contribution in [2.24, 2.45) is 0 Å². The maximum atomic E-state index is 9.66. The fourth-order valence-corrected chi connectivity index (χ4v) is 2.12. The molecule has 1 unspecified atom stereocenters. The number of hydrogen-bond donors (Lipinski definition) is 2. The van der Waals surface area contributed by atoms with Crippen molar-refractivity contribution in [3.05, 3.63) is 18.0 Å². The van der Waals surface area contributed by atoms with Crippen LogP contribution in [0.25, 0.3) is 0 Å². The molecule has 0 aliphatic carbocycles. The van der Waals surface area contributed by atoms with Gasteiger partial charge in [-0.25, -0.2) is 0 Å². The number of aliphatic hydroxyl groups is 1. The molecule has 1 aliphatic rings. The average molecular weight is 279 g/mol. The number of hydrogen-bond acceptors (Lipinski definition) is 5. The van der Waals surface area contributed by atoms with Crippen LogP contribution in [-0.4, -0.2) is 39.6 Å². The molecule has 6 heteroatoms. The fourth-order valence-electron chi connectivity index (χ4n) is 2.12. The van der Waals surface area contributed by atoms with Gasteiger partial charge in [-0.3, -0.25) is 4.98 Å². The molecule has 0 bridgehead atoms. The van der Waals surface area contributed by atoms with E-state index in [0.717, 1.165) is 0 Å². The maximum Gasteiger partial charge on any atom is 0.496 e. The molecule has 0 amide bonds. The van der Waals surface area contributed by atoms with Crippen molar-refractivity contribution in [3.63, 3.8) is 0 Å². The summed E-state index contributed by atoms with van der Waals surface area (Å²) in [7, 11) is -0.589. The van der Waals surface area contributed by atoms with Gasteiger partial charge in [0, 0.05) is 17.6 Å². The molecular formula is C14H22BNO4. The quantitative estimate of drug-likeness (QED) is 0.808. The Balaban J connectivity index is 2.36. The van der Waals surface area contributed by atoms with E-state index < -0.39 is 24.4 Å². The highest BCUT2D eigenvalue weighted by Gasteiger charge is 2.52. The van der Waals surface area contributed by atoms with E-state index in [0.29, 0.717) is 17.6 Å². The van der Waals surface area contributed by atoms with Crippen molar-refractivity contribution in [2.45, 2.75) is 58.3 Å². The van der Waals surface area contributed by atoms with Crippen LogP contribution in [0.3, 0.4) is 0 Å². The lowest BCUT2D eigenvalue weighted by atomic mass is 9.77. The molecule has 0 radical (unpaired) electrons. The predicted molar refractivity (Wildman–Crippen MR) is 77.0 cm³/mol. The van der Waals surface area contributed by atoms with Gasteiger partial charge in [-0.2, -0.15) is 0 Å². The van der Waals surface area contributed by atoms with Crippen LogP contribution in [0.1, 0.15) is 40.3 Å². The first kappa shape index (κ1) is 15.3. The Morgan fingerprint density at radius 1 is 1.25 bits per heavy atom. The summed E-state index contributed by atoms with van der Waals surface area (Å²) < 4.78 is 11.9. The summed E-state index contributed by atoms with van der Waals surface area (Å²) in [6, 6.07) is 1.59. The smallest absolute Gasteiger partial charge is 0.496 e. The number of pyridine rings is 1. The monoisotopic (exact) mass is 279 g/mol. The van der Waals surface area contributed by atoms with Gasteiger partial charge < -0.3 is 19.5 Å². The van der Waals surface area contributed by atoms with Crippen molar-refractivity contribution in [3.8, 4) is 5.75 Å². The van der Waals surface area contributed by atoms with Gasteiger partial charge in [0.25, 0.3) is 0 Å². The minimum absolute atomic E-state index is 0.0593. The Morgan fingerprint density at radius 3 is 2.30 bits per heavy atom. The van der Waals surface area contributed by atoms with Crippen molar-refractivity contribution >= 4 is 12.6 Å². The first-order chi connectivity index (χ1) is 9.12. The third kappa shape index (κ3) is 2.82. The highest BCUT2D eigenvalue weighted by Crippen LogP contribution is 2.36. The van der Waals surface area contributed by atoms with Gasteiger partial charge in [-0.05, 0) is 40.7 Å². The normalized spacial score (nSPS) is 22.0. The van der Waals surface area contributed by atoms with E-state index in [-0.39, 0.29) is 5.75 Å². The molecule has 20 heavy (non-hydrogen) atoms. The van der Waals surface area contributed by atoms with E-state index in [4.69, 9.17) is 9.31 Å². The second kappa shape index (κ2) is 5.02. The molecule has 2 rings (SSSR count). The molecule has 0 saturated carbocycles. The third-order valence-electron chi connectivity index (χ3n) is 3.99. The van der Waals surface area contributed by atoms with E-state index in [1.54, 1.807) is 13.0 Å². The average Bonchev–Trinajstić information content (AvgIpc) is 2.50. The molecule has 2 N–H and O–H groups in total. The molecule has 110 valence electrons. The SMILES string of the molecule is CC(O)Cc1ncc(O)cc1B1OC(C)(C)C(C)(C)O1. The van der Waals surface area contributed by atoms with Crippen LogP contribution in [0.2, 0.25) is 0 Å². The van der Waals surface area contributed by atoms with Crippen LogP contribution in [0, 0.1) is 0 Å². The Labute approximate surface area is 120 Å². The predicted octanol–water partition coefficient (Wildman–Crippen LogP) is 1.01. The Kier molecular flexibility index (Phi) is 3.84. The van der Waals surface area contributed by atoms with Gasteiger partial charge in [-0.15, -0.1) is 0 Å². The van der Waals surface area contributed by atoms with Crippen LogP contribution in [0.4, 0.5) is 0 Å². The topological polar surface area (TPSA) is 71.8 Å². The summed E-state index contributed by atoms with van der Waals surface area (Å²) in [5.41, 5.74) is 0.442. The molecule has 2 heterocycles. The van der Waals surface area contributed by atoms with E-state index in [9.17, 15) is 10.2 Å². The van der Waals surface area contributed by atoms with Crippen LogP contribution >= 0.6 is 0 Å². The summed E-state index contributed by atoms with van der Waals surface area (Å²) in [5, 5.41) is 19.2. The van der Waals surface area contributed by atoms with Gasteiger partial charge in [0.2, 0.25) is 0 Å². The highest BCUT2D eigenvalue weighted by atomic mass is 16.7. The first-order valence-electron chi connectivity index (χ1n) is 6.84. The summed E-state index contributed by atoms with van der Waals surface area (Å²) in [5.74, 6) is 0.0593. The number of aliphatic hydroxyl groups excluding tert-OH is 1. The molecule has 0 spiro atoms. The summed E-state index contributed by atoms with van der Waals surface area (Å²) >= 11 is 0. The van der Waals surface area contributed by atoms with Crippen molar-refractivity contribution in [1.29, 1.82) is 0 Å². The lowest BCUT2D eigenvalue weighted by Gasteiger charge is -2.32. The van der Waals surface area contributed by atoms with Crippen LogP contribution in [-0.2, 0) is 15.7 Å².